The predicted octanol–water partition coefficient (Wildman–Crippen LogP) is 0.489. The Bertz CT molecular complexity index is 177. The van der Waals surface area contributed by atoms with E-state index in [0.29, 0.717) is 18.6 Å². The molecule has 2 rings (SSSR count). The number of fused-ring (bicyclic) bond motifs is 2. The Kier molecular flexibility index (Phi) is 2.05. The topological polar surface area (TPSA) is 46.3 Å². The highest BCUT2D eigenvalue weighted by Gasteiger charge is 2.36. The normalized spacial score (nSPS) is 35.3. The van der Waals surface area contributed by atoms with Crippen LogP contribution in [-0.2, 0) is 4.79 Å². The first kappa shape index (κ1) is 8.05. The molecule has 0 radical (unpaired) electrons. The molecule has 0 aliphatic carbocycles. The molecule has 0 spiro atoms. The molecule has 2 aliphatic rings. The summed E-state index contributed by atoms with van der Waals surface area (Å²) in [6.45, 7) is 0.481. The molecule has 68 valence electrons. The summed E-state index contributed by atoms with van der Waals surface area (Å²) in [6, 6.07) is 1.33. The lowest BCUT2D eigenvalue weighted by Crippen LogP contribution is -2.44. The third-order valence-electron chi connectivity index (χ3n) is 3.18. The molecule has 2 bridgehead atoms. The van der Waals surface area contributed by atoms with Crippen molar-refractivity contribution in [3.63, 3.8) is 0 Å². The summed E-state index contributed by atoms with van der Waals surface area (Å²) in [4.78, 5) is 13.1. The van der Waals surface area contributed by atoms with Crippen molar-refractivity contribution in [1.29, 1.82) is 0 Å². The summed E-state index contributed by atoms with van der Waals surface area (Å²) in [7, 11) is 0. The SMILES string of the molecule is NC(=O)CN1C2CCC[C@H]1CC2. The minimum Gasteiger partial charge on any atom is -0.369 e. The van der Waals surface area contributed by atoms with Gasteiger partial charge in [0.2, 0.25) is 5.91 Å². The zero-order valence-corrected chi connectivity index (χ0v) is 7.33. The quantitative estimate of drug-likeness (QED) is 0.652. The maximum absolute atomic E-state index is 10.8. The van der Waals surface area contributed by atoms with E-state index in [9.17, 15) is 4.79 Å². The highest BCUT2D eigenvalue weighted by Crippen LogP contribution is 2.34. The van der Waals surface area contributed by atoms with Crippen molar-refractivity contribution < 1.29 is 4.79 Å². The zero-order valence-electron chi connectivity index (χ0n) is 7.33. The van der Waals surface area contributed by atoms with Crippen LogP contribution in [0.1, 0.15) is 32.1 Å². The molecule has 2 aliphatic heterocycles. The van der Waals surface area contributed by atoms with Gasteiger partial charge in [-0.05, 0) is 25.7 Å². The fourth-order valence-corrected chi connectivity index (χ4v) is 2.66. The fourth-order valence-electron chi connectivity index (χ4n) is 2.66. The van der Waals surface area contributed by atoms with E-state index in [-0.39, 0.29) is 5.91 Å². The number of carbonyl (C=O) groups is 1. The Morgan fingerprint density at radius 2 is 1.83 bits per heavy atom. The number of piperidine rings is 1. The van der Waals surface area contributed by atoms with Crippen molar-refractivity contribution >= 4 is 5.91 Å². The molecule has 2 atom stereocenters. The van der Waals surface area contributed by atoms with Crippen LogP contribution in [0.25, 0.3) is 0 Å². The average Bonchev–Trinajstić information content (AvgIpc) is 2.30. The number of carbonyl (C=O) groups excluding carboxylic acids is 1. The van der Waals surface area contributed by atoms with Crippen LogP contribution >= 0.6 is 0 Å². The van der Waals surface area contributed by atoms with E-state index in [1.54, 1.807) is 0 Å². The Hall–Kier alpha value is -0.570. The summed E-state index contributed by atoms with van der Waals surface area (Å²) < 4.78 is 0. The molecular formula is C9H16N2O. The van der Waals surface area contributed by atoms with Gasteiger partial charge in [-0.2, -0.15) is 0 Å². The first-order valence-corrected chi connectivity index (χ1v) is 4.81. The smallest absolute Gasteiger partial charge is 0.231 e. The third-order valence-corrected chi connectivity index (χ3v) is 3.18. The highest BCUT2D eigenvalue weighted by atomic mass is 16.1. The molecule has 0 aromatic heterocycles. The van der Waals surface area contributed by atoms with E-state index >= 15 is 0 Å². The van der Waals surface area contributed by atoms with Crippen LogP contribution in [0.3, 0.4) is 0 Å². The first-order chi connectivity index (χ1) is 5.77. The maximum Gasteiger partial charge on any atom is 0.231 e. The molecular weight excluding hydrogens is 152 g/mol. The summed E-state index contributed by atoms with van der Waals surface area (Å²) in [6.07, 6.45) is 6.42. The summed E-state index contributed by atoms with van der Waals surface area (Å²) >= 11 is 0. The molecule has 2 N–H and O–H groups in total. The van der Waals surface area contributed by atoms with Crippen molar-refractivity contribution in [3.05, 3.63) is 0 Å². The molecule has 2 saturated heterocycles. The monoisotopic (exact) mass is 168 g/mol. The molecule has 0 aromatic carbocycles. The van der Waals surface area contributed by atoms with Crippen molar-refractivity contribution in [3.8, 4) is 0 Å². The van der Waals surface area contributed by atoms with E-state index in [2.05, 4.69) is 4.90 Å². The van der Waals surface area contributed by atoms with Gasteiger partial charge in [0.15, 0.2) is 0 Å². The minimum absolute atomic E-state index is 0.172. The third kappa shape index (κ3) is 1.33. The van der Waals surface area contributed by atoms with Gasteiger partial charge >= 0.3 is 0 Å². The molecule has 1 unspecified atom stereocenters. The molecule has 3 heteroatoms. The number of hydrogen-bond donors (Lipinski definition) is 1. The zero-order chi connectivity index (χ0) is 8.55. The van der Waals surface area contributed by atoms with Crippen LogP contribution in [0.4, 0.5) is 0 Å². The molecule has 1 amide bonds. The summed E-state index contributed by atoms with van der Waals surface area (Å²) in [5.41, 5.74) is 5.19. The lowest BCUT2D eigenvalue weighted by molar-refractivity contribution is -0.120. The van der Waals surface area contributed by atoms with Crippen LogP contribution in [0, 0.1) is 0 Å². The lowest BCUT2D eigenvalue weighted by Gasteiger charge is -2.33. The summed E-state index contributed by atoms with van der Waals surface area (Å²) in [5, 5.41) is 0. The number of nitrogens with zero attached hydrogens (tertiary/aromatic N) is 1. The van der Waals surface area contributed by atoms with Crippen LogP contribution in [0.2, 0.25) is 0 Å². The van der Waals surface area contributed by atoms with E-state index in [4.69, 9.17) is 5.73 Å². The van der Waals surface area contributed by atoms with Crippen LogP contribution in [-0.4, -0.2) is 29.4 Å². The standard InChI is InChI=1S/C9H16N2O/c10-9(12)6-11-7-2-1-3-8(11)5-4-7/h7-8H,1-6H2,(H2,10,12)/t7-,8?/m0/s1. The van der Waals surface area contributed by atoms with Gasteiger partial charge in [0.05, 0.1) is 6.54 Å². The molecule has 3 nitrogen and oxygen atoms in total. The lowest BCUT2D eigenvalue weighted by atomic mass is 10.0. The number of amides is 1. The van der Waals surface area contributed by atoms with Gasteiger partial charge in [-0.15, -0.1) is 0 Å². The highest BCUT2D eigenvalue weighted by molar-refractivity contribution is 5.76. The first-order valence-electron chi connectivity index (χ1n) is 4.81. The second kappa shape index (κ2) is 3.05. The minimum atomic E-state index is -0.172. The van der Waals surface area contributed by atoms with E-state index in [0.717, 1.165) is 0 Å². The average molecular weight is 168 g/mol. The number of nitrogens with two attached hydrogens (primary N) is 1. The summed E-state index contributed by atoms with van der Waals surface area (Å²) in [5.74, 6) is -0.172. The van der Waals surface area contributed by atoms with Gasteiger partial charge < -0.3 is 5.73 Å². The molecule has 0 aromatic rings. The van der Waals surface area contributed by atoms with Crippen LogP contribution in [0.5, 0.6) is 0 Å². The number of hydrogen-bond acceptors (Lipinski definition) is 2. The van der Waals surface area contributed by atoms with Gasteiger partial charge in [0, 0.05) is 12.1 Å². The van der Waals surface area contributed by atoms with Crippen LogP contribution < -0.4 is 5.73 Å². The maximum atomic E-state index is 10.8. The Balaban J connectivity index is 2.00. The van der Waals surface area contributed by atoms with Gasteiger partial charge in [0.1, 0.15) is 0 Å². The van der Waals surface area contributed by atoms with Gasteiger partial charge in [-0.25, -0.2) is 0 Å². The van der Waals surface area contributed by atoms with Gasteiger partial charge in [-0.3, -0.25) is 9.69 Å². The largest absolute Gasteiger partial charge is 0.369 e. The Morgan fingerprint density at radius 1 is 1.25 bits per heavy atom. The molecule has 2 fully saturated rings. The van der Waals surface area contributed by atoms with E-state index in [1.165, 1.54) is 32.1 Å². The number of primary amides is 1. The van der Waals surface area contributed by atoms with Crippen molar-refractivity contribution in [1.82, 2.24) is 4.90 Å². The van der Waals surface area contributed by atoms with Crippen molar-refractivity contribution in [2.75, 3.05) is 6.54 Å². The van der Waals surface area contributed by atoms with Crippen molar-refractivity contribution in [2.24, 2.45) is 5.73 Å². The molecule has 2 heterocycles. The van der Waals surface area contributed by atoms with Crippen molar-refractivity contribution in [2.45, 2.75) is 44.2 Å². The van der Waals surface area contributed by atoms with E-state index < -0.39 is 0 Å². The molecule has 12 heavy (non-hydrogen) atoms. The number of rotatable bonds is 2. The second-order valence-corrected chi connectivity index (χ2v) is 3.95. The van der Waals surface area contributed by atoms with E-state index in [1.807, 2.05) is 0 Å². The van der Waals surface area contributed by atoms with Crippen LogP contribution in [0.15, 0.2) is 0 Å². The van der Waals surface area contributed by atoms with Gasteiger partial charge in [-0.1, -0.05) is 6.42 Å². The van der Waals surface area contributed by atoms with Gasteiger partial charge in [0.25, 0.3) is 0 Å². The Morgan fingerprint density at radius 3 is 2.33 bits per heavy atom. The second-order valence-electron chi connectivity index (χ2n) is 3.95. The Labute approximate surface area is 72.9 Å². The fraction of sp³-hybridized carbons (Fsp3) is 0.889. The molecule has 0 saturated carbocycles. The predicted molar refractivity (Wildman–Crippen MR) is 46.6 cm³/mol.